The summed E-state index contributed by atoms with van der Waals surface area (Å²) in [4.78, 5) is 3.83. The van der Waals surface area contributed by atoms with Crippen molar-refractivity contribution >= 4 is 11.6 Å². The largest absolute Gasteiger partial charge is 0.218 e. The molecule has 1 aromatic carbocycles. The lowest BCUT2D eigenvalue weighted by atomic mass is 10.3. The van der Waals surface area contributed by atoms with E-state index in [2.05, 4.69) is 10.1 Å². The van der Waals surface area contributed by atoms with Crippen LogP contribution in [0.4, 0.5) is 8.78 Å². The van der Waals surface area contributed by atoms with E-state index in [0.29, 0.717) is 5.82 Å². The molecule has 6 heteroatoms. The second kappa shape index (κ2) is 3.94. The highest BCUT2D eigenvalue weighted by Crippen LogP contribution is 2.15. The van der Waals surface area contributed by atoms with Crippen molar-refractivity contribution in [3.8, 4) is 5.69 Å². The molecule has 0 saturated heterocycles. The molecule has 0 aliphatic heterocycles. The number of alkyl halides is 1. The van der Waals surface area contributed by atoms with Crippen LogP contribution < -0.4 is 0 Å². The molecule has 2 rings (SSSR count). The number of rotatable bonds is 2. The van der Waals surface area contributed by atoms with Gasteiger partial charge in [-0.25, -0.2) is 18.4 Å². The molecule has 0 aliphatic carbocycles. The first kappa shape index (κ1) is 10.0. The van der Waals surface area contributed by atoms with E-state index in [-0.39, 0.29) is 11.6 Å². The lowest BCUT2D eigenvalue weighted by molar-refractivity contribution is 0.572. The second-order valence-electron chi connectivity index (χ2n) is 2.82. The summed E-state index contributed by atoms with van der Waals surface area (Å²) in [5.41, 5.74) is 0.129. The van der Waals surface area contributed by atoms with Gasteiger partial charge in [-0.3, -0.25) is 0 Å². The normalized spacial score (nSPS) is 10.6. The maximum atomic E-state index is 13.4. The Morgan fingerprint density at radius 2 is 2.13 bits per heavy atom. The first-order chi connectivity index (χ1) is 7.22. The number of benzene rings is 1. The number of aromatic nitrogens is 3. The Kier molecular flexibility index (Phi) is 2.64. The highest BCUT2D eigenvalue weighted by atomic mass is 35.5. The van der Waals surface area contributed by atoms with Crippen LogP contribution >= 0.6 is 11.6 Å². The van der Waals surface area contributed by atoms with E-state index in [0.717, 1.165) is 12.1 Å². The summed E-state index contributed by atoms with van der Waals surface area (Å²) < 4.78 is 27.3. The second-order valence-corrected chi connectivity index (χ2v) is 3.08. The first-order valence-electron chi connectivity index (χ1n) is 4.12. The minimum absolute atomic E-state index is 0.108. The number of nitrogens with zero attached hydrogens (tertiary/aromatic N) is 3. The zero-order valence-electron chi connectivity index (χ0n) is 7.49. The van der Waals surface area contributed by atoms with Gasteiger partial charge in [0.05, 0.1) is 5.88 Å². The van der Waals surface area contributed by atoms with Crippen LogP contribution in [-0.2, 0) is 5.88 Å². The van der Waals surface area contributed by atoms with E-state index in [4.69, 9.17) is 11.6 Å². The van der Waals surface area contributed by atoms with Crippen molar-refractivity contribution in [3.05, 3.63) is 42.0 Å². The third kappa shape index (κ3) is 1.83. The third-order valence-corrected chi connectivity index (χ3v) is 2.11. The number of hydrogen-bond acceptors (Lipinski definition) is 2. The molecule has 1 heterocycles. The Balaban J connectivity index is 2.54. The number of halogens is 3. The van der Waals surface area contributed by atoms with E-state index in [1.54, 1.807) is 0 Å². The summed E-state index contributed by atoms with van der Waals surface area (Å²) in [5, 5.41) is 3.81. The molecule has 2 aromatic rings. The topological polar surface area (TPSA) is 30.7 Å². The van der Waals surface area contributed by atoms with Crippen LogP contribution in [0.15, 0.2) is 24.5 Å². The molecule has 78 valence electrons. The first-order valence-corrected chi connectivity index (χ1v) is 4.66. The van der Waals surface area contributed by atoms with Crippen LogP contribution in [0.3, 0.4) is 0 Å². The van der Waals surface area contributed by atoms with Gasteiger partial charge >= 0.3 is 0 Å². The Morgan fingerprint density at radius 3 is 2.80 bits per heavy atom. The summed E-state index contributed by atoms with van der Waals surface area (Å²) in [7, 11) is 0. The molecule has 0 fully saturated rings. The quantitative estimate of drug-likeness (QED) is 0.740. The molecule has 0 aliphatic rings. The molecule has 0 radical (unpaired) electrons. The molecule has 3 nitrogen and oxygen atoms in total. The fourth-order valence-corrected chi connectivity index (χ4v) is 1.39. The Labute approximate surface area is 89.3 Å². The minimum atomic E-state index is -0.702. The smallest absolute Gasteiger partial charge is 0.151 e. The van der Waals surface area contributed by atoms with Gasteiger partial charge in [-0.15, -0.1) is 11.6 Å². The Morgan fingerprint density at radius 1 is 1.33 bits per heavy atom. The van der Waals surface area contributed by atoms with E-state index in [1.807, 2.05) is 0 Å². The van der Waals surface area contributed by atoms with Crippen molar-refractivity contribution in [3.63, 3.8) is 0 Å². The van der Waals surface area contributed by atoms with Gasteiger partial charge in [-0.05, 0) is 12.1 Å². The van der Waals surface area contributed by atoms with Crippen molar-refractivity contribution in [2.75, 3.05) is 0 Å². The molecule has 0 atom stereocenters. The van der Waals surface area contributed by atoms with Crippen LogP contribution in [0.1, 0.15) is 5.82 Å². The zero-order valence-corrected chi connectivity index (χ0v) is 8.25. The molecule has 0 saturated carbocycles. The van der Waals surface area contributed by atoms with Crippen LogP contribution in [-0.4, -0.2) is 14.8 Å². The minimum Gasteiger partial charge on any atom is -0.218 e. The predicted octanol–water partition coefficient (Wildman–Crippen LogP) is 2.28. The van der Waals surface area contributed by atoms with Gasteiger partial charge < -0.3 is 0 Å². The van der Waals surface area contributed by atoms with Crippen LogP contribution in [0, 0.1) is 11.6 Å². The maximum Gasteiger partial charge on any atom is 0.151 e. The fourth-order valence-electron chi connectivity index (χ4n) is 1.21. The van der Waals surface area contributed by atoms with Gasteiger partial charge in [-0.1, -0.05) is 0 Å². The van der Waals surface area contributed by atoms with E-state index in [9.17, 15) is 8.78 Å². The van der Waals surface area contributed by atoms with Gasteiger partial charge in [0.1, 0.15) is 23.7 Å². The number of hydrogen-bond donors (Lipinski definition) is 0. The third-order valence-electron chi connectivity index (χ3n) is 1.88. The SMILES string of the molecule is Fc1ccc(-n2ncnc2CCl)c(F)c1. The zero-order chi connectivity index (χ0) is 10.8. The predicted molar refractivity (Wildman–Crippen MR) is 50.8 cm³/mol. The standard InChI is InChI=1S/C9H6ClF2N3/c10-4-9-13-5-14-15(9)8-2-1-6(11)3-7(8)12/h1-3,5H,4H2. The molecule has 1 aromatic heterocycles. The Bertz CT molecular complexity index is 484. The van der Waals surface area contributed by atoms with Crippen molar-refractivity contribution in [2.24, 2.45) is 0 Å². The lowest BCUT2D eigenvalue weighted by Gasteiger charge is -2.04. The van der Waals surface area contributed by atoms with Gasteiger partial charge in [0, 0.05) is 6.07 Å². The highest BCUT2D eigenvalue weighted by molar-refractivity contribution is 6.16. The molecule has 0 amide bonds. The van der Waals surface area contributed by atoms with Crippen molar-refractivity contribution in [1.29, 1.82) is 0 Å². The summed E-state index contributed by atoms with van der Waals surface area (Å²) in [6.07, 6.45) is 1.26. The molecular weight excluding hydrogens is 224 g/mol. The molecule has 0 bridgehead atoms. The van der Waals surface area contributed by atoms with Crippen LogP contribution in [0.25, 0.3) is 5.69 Å². The van der Waals surface area contributed by atoms with E-state index < -0.39 is 11.6 Å². The van der Waals surface area contributed by atoms with Gasteiger partial charge in [0.15, 0.2) is 5.82 Å². The van der Waals surface area contributed by atoms with Crippen molar-refractivity contribution < 1.29 is 8.78 Å². The summed E-state index contributed by atoms with van der Waals surface area (Å²) in [5.74, 6) is -0.825. The Hall–Kier alpha value is -1.49. The van der Waals surface area contributed by atoms with Gasteiger partial charge in [-0.2, -0.15) is 5.10 Å². The van der Waals surface area contributed by atoms with Gasteiger partial charge in [0.2, 0.25) is 0 Å². The van der Waals surface area contributed by atoms with Crippen molar-refractivity contribution in [1.82, 2.24) is 14.8 Å². The molecule has 0 spiro atoms. The average Bonchev–Trinajstić information content (AvgIpc) is 2.65. The lowest BCUT2D eigenvalue weighted by Crippen LogP contribution is -2.04. The van der Waals surface area contributed by atoms with Gasteiger partial charge in [0.25, 0.3) is 0 Å². The average molecular weight is 230 g/mol. The van der Waals surface area contributed by atoms with Crippen LogP contribution in [0.2, 0.25) is 0 Å². The fraction of sp³-hybridized carbons (Fsp3) is 0.111. The molecular formula is C9H6ClF2N3. The molecule has 0 unspecified atom stereocenters. The molecule has 0 N–H and O–H groups in total. The van der Waals surface area contributed by atoms with Crippen molar-refractivity contribution in [2.45, 2.75) is 5.88 Å². The molecule has 15 heavy (non-hydrogen) atoms. The monoisotopic (exact) mass is 229 g/mol. The summed E-state index contributed by atoms with van der Waals surface area (Å²) in [6.45, 7) is 0. The summed E-state index contributed by atoms with van der Waals surface area (Å²) in [6, 6.07) is 3.22. The highest BCUT2D eigenvalue weighted by Gasteiger charge is 2.10. The maximum absolute atomic E-state index is 13.4. The van der Waals surface area contributed by atoms with E-state index in [1.165, 1.54) is 17.1 Å². The van der Waals surface area contributed by atoms with E-state index >= 15 is 0 Å². The summed E-state index contributed by atoms with van der Waals surface area (Å²) >= 11 is 5.59. The van der Waals surface area contributed by atoms with Crippen LogP contribution in [0.5, 0.6) is 0 Å².